The summed E-state index contributed by atoms with van der Waals surface area (Å²) in [5.74, 6) is 0.507. The molecule has 2 N–H and O–H groups in total. The van der Waals surface area contributed by atoms with Crippen molar-refractivity contribution in [3.63, 3.8) is 0 Å². The molecule has 1 amide bonds. The van der Waals surface area contributed by atoms with Crippen LogP contribution in [0.4, 0.5) is 5.69 Å². The molecule has 1 aromatic carbocycles. The van der Waals surface area contributed by atoms with Gasteiger partial charge in [0.1, 0.15) is 0 Å². The van der Waals surface area contributed by atoms with Gasteiger partial charge in [0, 0.05) is 15.9 Å². The summed E-state index contributed by atoms with van der Waals surface area (Å²) in [4.78, 5) is 11.7. The zero-order chi connectivity index (χ0) is 11.5. The van der Waals surface area contributed by atoms with E-state index in [2.05, 4.69) is 26.6 Å². The van der Waals surface area contributed by atoms with E-state index >= 15 is 0 Å². The Morgan fingerprint density at radius 3 is 2.94 bits per heavy atom. The van der Waals surface area contributed by atoms with Crippen LogP contribution in [-0.2, 0) is 4.79 Å². The molecule has 0 bridgehead atoms. The van der Waals surface area contributed by atoms with Crippen molar-refractivity contribution >= 4 is 39.1 Å². The van der Waals surface area contributed by atoms with Gasteiger partial charge in [-0.3, -0.25) is 4.79 Å². The van der Waals surface area contributed by atoms with Crippen molar-refractivity contribution in [1.29, 1.82) is 0 Å². The largest absolute Gasteiger partial charge is 0.325 e. The van der Waals surface area contributed by atoms with E-state index in [0.717, 1.165) is 23.2 Å². The molecule has 16 heavy (non-hydrogen) atoms. The standard InChI is InChI=1S/C11H12BrClN2O/c12-9-2-1-8(13)4-10(9)15-11(16)3-7-5-14-6-7/h1-2,4,7,14H,3,5-6H2,(H,15,16). The van der Waals surface area contributed by atoms with Crippen molar-refractivity contribution < 1.29 is 4.79 Å². The number of nitrogens with one attached hydrogen (secondary N) is 2. The highest BCUT2D eigenvalue weighted by molar-refractivity contribution is 9.10. The molecule has 1 aromatic rings. The van der Waals surface area contributed by atoms with Crippen molar-refractivity contribution in [2.45, 2.75) is 6.42 Å². The average Bonchev–Trinajstić information content (AvgIpc) is 2.18. The number of rotatable bonds is 3. The van der Waals surface area contributed by atoms with Gasteiger partial charge in [0.25, 0.3) is 0 Å². The first-order valence-electron chi connectivity index (χ1n) is 5.11. The monoisotopic (exact) mass is 302 g/mol. The Hall–Kier alpha value is -0.580. The quantitative estimate of drug-likeness (QED) is 0.901. The molecule has 2 rings (SSSR count). The summed E-state index contributed by atoms with van der Waals surface area (Å²) < 4.78 is 0.844. The molecule has 0 spiro atoms. The molecule has 0 aliphatic carbocycles. The number of hydrogen-bond acceptors (Lipinski definition) is 2. The van der Waals surface area contributed by atoms with E-state index in [9.17, 15) is 4.79 Å². The third kappa shape index (κ3) is 2.97. The molecule has 1 saturated heterocycles. The first kappa shape index (κ1) is 11.9. The predicted octanol–water partition coefficient (Wildman–Crippen LogP) is 2.65. The lowest BCUT2D eigenvalue weighted by Gasteiger charge is -2.26. The fourth-order valence-corrected chi connectivity index (χ4v) is 2.07. The van der Waals surface area contributed by atoms with Crippen molar-refractivity contribution in [3.8, 4) is 0 Å². The molecule has 1 heterocycles. The van der Waals surface area contributed by atoms with Crippen molar-refractivity contribution in [2.75, 3.05) is 18.4 Å². The van der Waals surface area contributed by atoms with Gasteiger partial charge in [0.05, 0.1) is 5.69 Å². The number of carbonyl (C=O) groups excluding carboxylic acids is 1. The van der Waals surface area contributed by atoms with Crippen LogP contribution >= 0.6 is 27.5 Å². The van der Waals surface area contributed by atoms with Crippen LogP contribution in [-0.4, -0.2) is 19.0 Å². The first-order valence-corrected chi connectivity index (χ1v) is 6.28. The lowest BCUT2D eigenvalue weighted by atomic mass is 9.99. The van der Waals surface area contributed by atoms with Crippen molar-refractivity contribution in [2.24, 2.45) is 5.92 Å². The normalized spacial score (nSPS) is 15.6. The fraction of sp³-hybridized carbons (Fsp3) is 0.364. The SMILES string of the molecule is O=C(CC1CNC1)Nc1cc(Cl)ccc1Br. The van der Waals surface area contributed by atoms with E-state index < -0.39 is 0 Å². The van der Waals surface area contributed by atoms with Crippen LogP contribution in [0.2, 0.25) is 5.02 Å². The molecule has 1 fully saturated rings. The number of benzene rings is 1. The van der Waals surface area contributed by atoms with E-state index in [1.165, 1.54) is 0 Å². The summed E-state index contributed by atoms with van der Waals surface area (Å²) in [6.07, 6.45) is 0.561. The minimum atomic E-state index is 0.0365. The highest BCUT2D eigenvalue weighted by atomic mass is 79.9. The molecule has 1 aliphatic heterocycles. The molecule has 1 aliphatic rings. The number of hydrogen-bond donors (Lipinski definition) is 2. The van der Waals surface area contributed by atoms with Crippen molar-refractivity contribution in [3.05, 3.63) is 27.7 Å². The van der Waals surface area contributed by atoms with Gasteiger partial charge < -0.3 is 10.6 Å². The topological polar surface area (TPSA) is 41.1 Å². The molecule has 0 atom stereocenters. The van der Waals surface area contributed by atoms with Gasteiger partial charge in [0.15, 0.2) is 0 Å². The molecule has 0 radical (unpaired) electrons. The maximum Gasteiger partial charge on any atom is 0.224 e. The first-order chi connectivity index (χ1) is 7.65. The van der Waals surface area contributed by atoms with Crippen LogP contribution in [0, 0.1) is 5.92 Å². The third-order valence-corrected chi connectivity index (χ3v) is 3.47. The molecule has 0 unspecified atom stereocenters. The van der Waals surface area contributed by atoms with Gasteiger partial charge in [-0.2, -0.15) is 0 Å². The third-order valence-electron chi connectivity index (χ3n) is 2.54. The average molecular weight is 304 g/mol. The molecule has 5 heteroatoms. The van der Waals surface area contributed by atoms with Gasteiger partial charge in [-0.25, -0.2) is 0 Å². The molecular weight excluding hydrogens is 291 g/mol. The Morgan fingerprint density at radius 1 is 1.56 bits per heavy atom. The maximum absolute atomic E-state index is 11.7. The summed E-state index contributed by atoms with van der Waals surface area (Å²) in [6, 6.07) is 5.34. The number of carbonyl (C=O) groups is 1. The highest BCUT2D eigenvalue weighted by Gasteiger charge is 2.20. The lowest BCUT2D eigenvalue weighted by Crippen LogP contribution is -2.43. The van der Waals surface area contributed by atoms with Gasteiger partial charge in [0.2, 0.25) is 5.91 Å². The highest BCUT2D eigenvalue weighted by Crippen LogP contribution is 2.26. The molecule has 3 nitrogen and oxygen atoms in total. The second kappa shape index (κ2) is 5.17. The zero-order valence-electron chi connectivity index (χ0n) is 8.59. The molecular formula is C11H12BrClN2O. The van der Waals surface area contributed by atoms with Crippen LogP contribution in [0.15, 0.2) is 22.7 Å². The van der Waals surface area contributed by atoms with Crippen LogP contribution in [0.5, 0.6) is 0 Å². The second-order valence-electron chi connectivity index (χ2n) is 3.90. The van der Waals surface area contributed by atoms with Gasteiger partial charge in [-0.05, 0) is 53.1 Å². The van der Waals surface area contributed by atoms with Crippen LogP contribution in [0.1, 0.15) is 6.42 Å². The van der Waals surface area contributed by atoms with E-state index in [-0.39, 0.29) is 5.91 Å². The minimum Gasteiger partial charge on any atom is -0.325 e. The summed E-state index contributed by atoms with van der Waals surface area (Å²) in [5.41, 5.74) is 0.727. The maximum atomic E-state index is 11.7. The number of amides is 1. The van der Waals surface area contributed by atoms with Gasteiger partial charge in [-0.15, -0.1) is 0 Å². The van der Waals surface area contributed by atoms with Crippen molar-refractivity contribution in [1.82, 2.24) is 5.32 Å². The van der Waals surface area contributed by atoms with Gasteiger partial charge in [-0.1, -0.05) is 11.6 Å². The summed E-state index contributed by atoms with van der Waals surface area (Å²) in [7, 11) is 0. The Labute approximate surface area is 108 Å². The summed E-state index contributed by atoms with van der Waals surface area (Å²) in [6.45, 7) is 1.87. The smallest absolute Gasteiger partial charge is 0.224 e. The van der Waals surface area contributed by atoms with E-state index in [0.29, 0.717) is 17.4 Å². The Kier molecular flexibility index (Phi) is 3.84. The summed E-state index contributed by atoms with van der Waals surface area (Å²) in [5, 5.41) is 6.61. The molecule has 0 aromatic heterocycles. The Morgan fingerprint density at radius 2 is 2.31 bits per heavy atom. The number of anilines is 1. The fourth-order valence-electron chi connectivity index (χ4n) is 1.55. The molecule has 0 saturated carbocycles. The second-order valence-corrected chi connectivity index (χ2v) is 5.19. The predicted molar refractivity (Wildman–Crippen MR) is 68.8 cm³/mol. The summed E-state index contributed by atoms with van der Waals surface area (Å²) >= 11 is 9.23. The van der Waals surface area contributed by atoms with E-state index in [1.54, 1.807) is 12.1 Å². The van der Waals surface area contributed by atoms with Gasteiger partial charge >= 0.3 is 0 Å². The van der Waals surface area contributed by atoms with E-state index in [1.807, 2.05) is 6.07 Å². The lowest BCUT2D eigenvalue weighted by molar-refractivity contribution is -0.117. The number of halogens is 2. The van der Waals surface area contributed by atoms with Crippen LogP contribution in [0.3, 0.4) is 0 Å². The van der Waals surface area contributed by atoms with Crippen LogP contribution in [0.25, 0.3) is 0 Å². The Balaban J connectivity index is 1.96. The molecule has 86 valence electrons. The zero-order valence-corrected chi connectivity index (χ0v) is 10.9. The van der Waals surface area contributed by atoms with E-state index in [4.69, 9.17) is 11.6 Å². The minimum absolute atomic E-state index is 0.0365. The Bertz CT molecular complexity index is 407. The van der Waals surface area contributed by atoms with Crippen LogP contribution < -0.4 is 10.6 Å².